The molecule has 0 fully saturated rings. The summed E-state index contributed by atoms with van der Waals surface area (Å²) < 4.78 is 33.2. The number of hydrogen-bond acceptors (Lipinski definition) is 5. The molecule has 9 heteroatoms. The third kappa shape index (κ3) is 6.49. The Balaban J connectivity index is 2.23. The second kappa shape index (κ2) is 11.2. The fraction of sp³-hybridized carbons (Fsp3) is 0.304. The van der Waals surface area contributed by atoms with Crippen molar-refractivity contribution in [3.63, 3.8) is 0 Å². The van der Waals surface area contributed by atoms with Crippen molar-refractivity contribution < 1.29 is 22.7 Å². The molecule has 0 spiro atoms. The van der Waals surface area contributed by atoms with Gasteiger partial charge < -0.3 is 15.4 Å². The fourth-order valence-electron chi connectivity index (χ4n) is 2.82. The Morgan fingerprint density at radius 2 is 1.72 bits per heavy atom. The molecular weight excluding hydrogens is 430 g/mol. The van der Waals surface area contributed by atoms with Crippen molar-refractivity contribution in [2.45, 2.75) is 25.2 Å². The molecule has 170 valence electrons. The number of nitrogens with zero attached hydrogens (tertiary/aromatic N) is 1. The molecule has 0 unspecified atom stereocenters. The van der Waals surface area contributed by atoms with Crippen molar-refractivity contribution in [1.82, 2.24) is 10.6 Å². The van der Waals surface area contributed by atoms with Gasteiger partial charge in [-0.25, -0.2) is 8.42 Å². The second-order valence-corrected chi connectivity index (χ2v) is 8.89. The van der Waals surface area contributed by atoms with Gasteiger partial charge in [-0.2, -0.15) is 0 Å². The van der Waals surface area contributed by atoms with E-state index in [4.69, 9.17) is 11.2 Å². The van der Waals surface area contributed by atoms with E-state index in [0.717, 1.165) is 11.1 Å². The molecular formula is C23H27N3O5S. The van der Waals surface area contributed by atoms with Gasteiger partial charge in [-0.3, -0.25) is 13.9 Å². The molecule has 2 aromatic rings. The summed E-state index contributed by atoms with van der Waals surface area (Å²) in [5.41, 5.74) is 2.21. The van der Waals surface area contributed by atoms with E-state index in [1.807, 2.05) is 13.8 Å². The normalized spacial score (nSPS) is 10.7. The number of ether oxygens (including phenoxy) is 1. The van der Waals surface area contributed by atoms with Crippen molar-refractivity contribution in [2.24, 2.45) is 0 Å². The number of benzene rings is 2. The van der Waals surface area contributed by atoms with Crippen LogP contribution in [-0.4, -0.2) is 47.0 Å². The summed E-state index contributed by atoms with van der Waals surface area (Å²) in [4.78, 5) is 24.0. The molecule has 0 saturated heterocycles. The lowest BCUT2D eigenvalue weighted by Gasteiger charge is -2.25. The Bertz CT molecular complexity index is 1110. The molecule has 2 aromatic carbocycles. The quantitative estimate of drug-likeness (QED) is 0.529. The number of terminal acetylenes is 1. The van der Waals surface area contributed by atoms with E-state index in [-0.39, 0.29) is 31.0 Å². The number of nitrogens with one attached hydrogen (secondary N) is 2. The molecule has 0 atom stereocenters. The number of aryl methyl sites for hydroxylation is 2. The highest BCUT2D eigenvalue weighted by Gasteiger charge is 2.26. The molecule has 0 aromatic heterocycles. The standard InChI is InChI=1S/C23H27N3O5S/c1-5-13-24-23(28)16-25-22(27)12-14-26(19-7-9-20(31-4)10-8-19)32(29,30)21-11-6-17(2)18(3)15-21/h1,6-11,15H,12-14,16H2,2-4H3,(H,24,28)(H,25,27). The van der Waals surface area contributed by atoms with Gasteiger partial charge in [-0.1, -0.05) is 12.0 Å². The SMILES string of the molecule is C#CCNC(=O)CNC(=O)CCN(c1ccc(OC)cc1)S(=O)(=O)c1ccc(C)c(C)c1. The molecule has 2 N–H and O–H groups in total. The van der Waals surface area contributed by atoms with Gasteiger partial charge in [0.2, 0.25) is 11.8 Å². The van der Waals surface area contributed by atoms with E-state index < -0.39 is 21.8 Å². The first kappa shape index (κ1) is 24.8. The van der Waals surface area contributed by atoms with Crippen LogP contribution in [-0.2, 0) is 19.6 Å². The molecule has 8 nitrogen and oxygen atoms in total. The number of methoxy groups -OCH3 is 1. The maximum atomic E-state index is 13.4. The molecule has 0 aliphatic heterocycles. The third-order valence-electron chi connectivity index (χ3n) is 4.80. The number of sulfonamides is 1. The van der Waals surface area contributed by atoms with Crippen LogP contribution in [0.1, 0.15) is 17.5 Å². The first-order valence-electron chi connectivity index (χ1n) is 9.90. The summed E-state index contributed by atoms with van der Waals surface area (Å²) in [5.74, 6) is 1.95. The van der Waals surface area contributed by atoms with Crippen LogP contribution in [0.3, 0.4) is 0 Å². The Morgan fingerprint density at radius 3 is 2.31 bits per heavy atom. The molecule has 0 bridgehead atoms. The highest BCUT2D eigenvalue weighted by atomic mass is 32.2. The van der Waals surface area contributed by atoms with Crippen molar-refractivity contribution in [1.29, 1.82) is 0 Å². The predicted octanol–water partition coefficient (Wildman–Crippen LogP) is 1.76. The minimum atomic E-state index is -3.94. The topological polar surface area (TPSA) is 105 Å². The maximum absolute atomic E-state index is 13.4. The van der Waals surface area contributed by atoms with Gasteiger partial charge in [0.05, 0.1) is 30.8 Å². The molecule has 2 amide bonds. The number of hydrogen-bond donors (Lipinski definition) is 2. The fourth-order valence-corrected chi connectivity index (χ4v) is 4.37. The van der Waals surface area contributed by atoms with E-state index in [0.29, 0.717) is 11.4 Å². The van der Waals surface area contributed by atoms with Crippen LogP contribution >= 0.6 is 0 Å². The number of rotatable bonds is 10. The van der Waals surface area contributed by atoms with Crippen LogP contribution in [0.5, 0.6) is 5.75 Å². The monoisotopic (exact) mass is 457 g/mol. The largest absolute Gasteiger partial charge is 0.497 e. The van der Waals surface area contributed by atoms with Crippen molar-refractivity contribution in [2.75, 3.05) is 31.0 Å². The summed E-state index contributed by atoms with van der Waals surface area (Å²) in [6.45, 7) is 3.45. The molecule has 0 heterocycles. The average Bonchev–Trinajstić information content (AvgIpc) is 2.78. The highest BCUT2D eigenvalue weighted by Crippen LogP contribution is 2.27. The molecule has 32 heavy (non-hydrogen) atoms. The molecule has 0 radical (unpaired) electrons. The summed E-state index contributed by atoms with van der Waals surface area (Å²) >= 11 is 0. The Kier molecular flexibility index (Phi) is 8.67. The summed E-state index contributed by atoms with van der Waals surface area (Å²) in [6.07, 6.45) is 4.93. The maximum Gasteiger partial charge on any atom is 0.264 e. The van der Waals surface area contributed by atoms with Gasteiger partial charge in [0.1, 0.15) is 5.75 Å². The Hall–Kier alpha value is -3.51. The zero-order chi connectivity index (χ0) is 23.7. The lowest BCUT2D eigenvalue weighted by atomic mass is 10.1. The smallest absolute Gasteiger partial charge is 0.264 e. The van der Waals surface area contributed by atoms with E-state index >= 15 is 0 Å². The van der Waals surface area contributed by atoms with Crippen molar-refractivity contribution >= 4 is 27.5 Å². The molecule has 0 aliphatic carbocycles. The number of anilines is 1. The minimum absolute atomic E-state index is 0.0637. The highest BCUT2D eigenvalue weighted by molar-refractivity contribution is 7.92. The van der Waals surface area contributed by atoms with Gasteiger partial charge in [0.15, 0.2) is 0 Å². The van der Waals surface area contributed by atoms with Gasteiger partial charge in [0, 0.05) is 13.0 Å². The van der Waals surface area contributed by atoms with Crippen LogP contribution < -0.4 is 19.7 Å². The van der Waals surface area contributed by atoms with Crippen molar-refractivity contribution in [3.8, 4) is 18.1 Å². The van der Waals surface area contributed by atoms with Gasteiger partial charge in [-0.05, 0) is 61.4 Å². The van der Waals surface area contributed by atoms with Gasteiger partial charge in [-0.15, -0.1) is 6.42 Å². The van der Waals surface area contributed by atoms with Crippen molar-refractivity contribution in [3.05, 3.63) is 53.6 Å². The minimum Gasteiger partial charge on any atom is -0.497 e. The van der Waals surface area contributed by atoms with Crippen LogP contribution in [0.25, 0.3) is 0 Å². The lowest BCUT2D eigenvalue weighted by molar-refractivity contribution is -0.125. The summed E-state index contributed by atoms with van der Waals surface area (Å²) in [7, 11) is -2.42. The number of carbonyl (C=O) groups is 2. The zero-order valence-electron chi connectivity index (χ0n) is 18.3. The van der Waals surface area contributed by atoms with Crippen LogP contribution in [0, 0.1) is 26.2 Å². The third-order valence-corrected chi connectivity index (χ3v) is 6.63. The van der Waals surface area contributed by atoms with E-state index in [9.17, 15) is 18.0 Å². The number of carbonyl (C=O) groups excluding carboxylic acids is 2. The second-order valence-electron chi connectivity index (χ2n) is 7.03. The first-order chi connectivity index (χ1) is 15.2. The summed E-state index contributed by atoms with van der Waals surface area (Å²) in [6, 6.07) is 11.4. The van der Waals surface area contributed by atoms with Gasteiger partial charge >= 0.3 is 0 Å². The number of amides is 2. The van der Waals surface area contributed by atoms with Gasteiger partial charge in [0.25, 0.3) is 10.0 Å². The Morgan fingerprint density at radius 1 is 1.03 bits per heavy atom. The summed E-state index contributed by atoms with van der Waals surface area (Å²) in [5, 5.41) is 4.90. The lowest BCUT2D eigenvalue weighted by Crippen LogP contribution is -2.39. The zero-order valence-corrected chi connectivity index (χ0v) is 19.2. The van der Waals surface area contributed by atoms with Crippen LogP contribution in [0.4, 0.5) is 5.69 Å². The molecule has 0 saturated carbocycles. The van der Waals surface area contributed by atoms with E-state index in [1.165, 1.54) is 11.4 Å². The van der Waals surface area contributed by atoms with Crippen LogP contribution in [0.2, 0.25) is 0 Å². The molecule has 2 rings (SSSR count). The average molecular weight is 458 g/mol. The van der Waals surface area contributed by atoms with Crippen LogP contribution in [0.15, 0.2) is 47.4 Å². The Labute approximate surface area is 189 Å². The first-order valence-corrected chi connectivity index (χ1v) is 11.3. The predicted molar refractivity (Wildman–Crippen MR) is 123 cm³/mol. The molecule has 0 aliphatic rings. The van der Waals surface area contributed by atoms with E-state index in [1.54, 1.807) is 42.5 Å². The van der Waals surface area contributed by atoms with E-state index in [2.05, 4.69) is 16.6 Å².